The van der Waals surface area contributed by atoms with E-state index in [2.05, 4.69) is 6.92 Å². The van der Waals surface area contributed by atoms with Gasteiger partial charge in [-0.1, -0.05) is 0 Å². The van der Waals surface area contributed by atoms with E-state index in [1.54, 1.807) is 0 Å². The molecule has 0 fully saturated rings. The van der Waals surface area contributed by atoms with Crippen molar-refractivity contribution in [2.24, 2.45) is 0 Å². The van der Waals surface area contributed by atoms with Crippen LogP contribution in [0.25, 0.3) is 0 Å². The van der Waals surface area contributed by atoms with Crippen molar-refractivity contribution in [2.45, 2.75) is 0 Å². The molecule has 0 amide bonds. The van der Waals surface area contributed by atoms with Crippen LogP contribution in [0.4, 0.5) is 0 Å². The Morgan fingerprint density at radius 2 is 1.60 bits per heavy atom. The van der Waals surface area contributed by atoms with Gasteiger partial charge in [-0.3, -0.25) is 0 Å². The number of rotatable bonds is 0. The number of hydrogen-bond donors (Lipinski definition) is 0. The molecule has 0 aromatic rings. The second kappa shape index (κ2) is 22.8. The Kier molecular flexibility index (Phi) is 79.5. The zero-order valence-electron chi connectivity index (χ0n) is 3.19. The van der Waals surface area contributed by atoms with Crippen LogP contribution in [-0.2, 0) is 37.5 Å². The van der Waals surface area contributed by atoms with Gasteiger partial charge in [0.25, 0.3) is 0 Å². The molecular weight excluding hydrogens is 141 g/mol. The first-order valence-electron chi connectivity index (χ1n) is 0.558. The van der Waals surface area contributed by atoms with Crippen molar-refractivity contribution in [1.29, 1.82) is 0 Å². The summed E-state index contributed by atoms with van der Waals surface area (Å²) in [7, 11) is 0. The summed E-state index contributed by atoms with van der Waals surface area (Å²) in [5, 5.41) is 0. The Labute approximate surface area is 58.0 Å². The maximum absolute atomic E-state index is 8.57. The van der Waals surface area contributed by atoms with Crippen LogP contribution in [0.2, 0.25) is 0 Å². The molecule has 0 aliphatic heterocycles. The van der Waals surface area contributed by atoms with E-state index in [0.29, 0.717) is 0 Å². The van der Waals surface area contributed by atoms with Gasteiger partial charge in [0.05, 0.1) is 0 Å². The normalized spacial score (nSPS) is 2.40. The molecule has 0 rings (SSSR count). The van der Waals surface area contributed by atoms with Crippen LogP contribution < -0.4 is 0 Å². The van der Waals surface area contributed by atoms with Gasteiger partial charge in [-0.25, -0.2) is 0 Å². The Morgan fingerprint density at radius 1 is 1.60 bits per heavy atom. The molecule has 0 aromatic heterocycles. The molecule has 0 aliphatic rings. The minimum atomic E-state index is 0. The van der Waals surface area contributed by atoms with E-state index in [9.17, 15) is 0 Å². The van der Waals surface area contributed by atoms with Crippen molar-refractivity contribution in [1.82, 2.24) is 0 Å². The average Bonchev–Trinajstić information content (AvgIpc) is 0.918. The maximum Gasteiger partial charge on any atom is 0 e. The molecule has 0 atom stereocenters. The summed E-state index contributed by atoms with van der Waals surface area (Å²) in [6.07, 6.45) is 1.25. The summed E-state index contributed by atoms with van der Waals surface area (Å²) in [4.78, 5) is 8.57. The van der Waals surface area contributed by atoms with Gasteiger partial charge in [0, 0.05) is 32.7 Å². The Hall–Kier alpha value is 0.644. The first-order valence-corrected chi connectivity index (χ1v) is 0.558. The van der Waals surface area contributed by atoms with Gasteiger partial charge in [0.15, 0.2) is 0 Å². The zero-order valence-corrected chi connectivity index (χ0v) is 6.03. The number of hydrogen-bond acceptors (Lipinski definition) is 1. The predicted molar refractivity (Wildman–Crippen MR) is 17.5 cm³/mol. The Bertz CT molecular complexity index is 14.4. The Balaban J connectivity index is -0.0000000200. The largest absolute Gasteiger partial charge is 0.489 e. The van der Waals surface area contributed by atoms with Crippen molar-refractivity contribution >= 4 is 6.29 Å². The molecule has 0 aromatic carbocycles. The van der Waals surface area contributed by atoms with Gasteiger partial charge in [-0.05, 0) is 13.2 Å². The molecule has 1 nitrogen and oxygen atoms in total. The van der Waals surface area contributed by atoms with Gasteiger partial charge in [0.1, 0.15) is 0 Å². The van der Waals surface area contributed by atoms with E-state index < -0.39 is 0 Å². The van der Waals surface area contributed by atoms with E-state index in [-0.39, 0.29) is 40.1 Å². The summed E-state index contributed by atoms with van der Waals surface area (Å²) >= 11 is 0. The van der Waals surface area contributed by atoms with Crippen LogP contribution in [0.1, 0.15) is 0 Å². The Morgan fingerprint density at radius 3 is 1.60 bits per heavy atom. The zero-order chi connectivity index (χ0) is 2.71. The maximum atomic E-state index is 8.57. The van der Waals surface area contributed by atoms with Gasteiger partial charge in [-0.2, -0.15) is 0 Å². The smallest absolute Gasteiger partial charge is 0 e. The summed E-state index contributed by atoms with van der Waals surface area (Å²) in [6.45, 7) is 2.68. The van der Waals surface area contributed by atoms with Crippen LogP contribution in [0.3, 0.4) is 0 Å². The van der Waals surface area contributed by atoms with Crippen molar-refractivity contribution in [3.05, 3.63) is 14.4 Å². The van der Waals surface area contributed by atoms with Gasteiger partial charge in [0.2, 0.25) is 0 Å². The predicted octanol–water partition coefficient (Wildman–Crippen LogP) is 0.378. The van der Waals surface area contributed by atoms with Crippen LogP contribution >= 0.6 is 0 Å². The molecule has 5 heavy (non-hydrogen) atoms. The van der Waals surface area contributed by atoms with E-state index in [4.69, 9.17) is 4.79 Å². The van der Waals surface area contributed by atoms with Crippen LogP contribution in [0.15, 0.2) is 0 Å². The molecule has 0 bridgehead atoms. The molecular formula is C3H5OY-. The molecule has 27 valence electrons. The monoisotopic (exact) mass is 146 g/mol. The molecule has 0 saturated carbocycles. The topological polar surface area (TPSA) is 17.1 Å². The molecule has 0 heterocycles. The van der Waals surface area contributed by atoms with Crippen LogP contribution in [0.5, 0.6) is 0 Å². The molecule has 0 spiro atoms. The first kappa shape index (κ1) is 17.4. The third-order valence-corrected chi connectivity index (χ3v) is 0. The third kappa shape index (κ3) is 78.3. The van der Waals surface area contributed by atoms with Crippen molar-refractivity contribution in [3.8, 4) is 0 Å². The molecule has 0 aliphatic carbocycles. The fourth-order valence-corrected chi connectivity index (χ4v) is 0. The van der Waals surface area contributed by atoms with Gasteiger partial charge >= 0.3 is 0 Å². The first-order chi connectivity index (χ1) is 1.41. The summed E-state index contributed by atoms with van der Waals surface area (Å²) < 4.78 is 0. The third-order valence-electron chi connectivity index (χ3n) is 0. The van der Waals surface area contributed by atoms with E-state index in [0.717, 1.165) is 0 Å². The van der Waals surface area contributed by atoms with E-state index in [1.165, 1.54) is 6.29 Å². The molecule has 1 radical (unpaired) electrons. The van der Waals surface area contributed by atoms with Gasteiger partial charge in [-0.15, -0.1) is 0 Å². The SMILES string of the molecule is [CH2+][C-]=O.[CH3-].[Y]. The van der Waals surface area contributed by atoms with Crippen LogP contribution in [0, 0.1) is 14.4 Å². The molecule has 0 N–H and O–H groups in total. The molecule has 0 unspecified atom stereocenters. The second-order valence-electron chi connectivity index (χ2n) is 0.144. The molecule has 0 saturated heterocycles. The minimum Gasteiger partial charge on any atom is -0.489 e. The van der Waals surface area contributed by atoms with Crippen molar-refractivity contribution in [3.63, 3.8) is 0 Å². The van der Waals surface area contributed by atoms with E-state index >= 15 is 0 Å². The second-order valence-corrected chi connectivity index (χ2v) is 0.144. The summed E-state index contributed by atoms with van der Waals surface area (Å²) in [6, 6.07) is 0. The molecule has 2 heteroatoms. The summed E-state index contributed by atoms with van der Waals surface area (Å²) in [5.41, 5.74) is 0. The fraction of sp³-hybridized carbons (Fsp3) is 0. The van der Waals surface area contributed by atoms with Crippen molar-refractivity contribution < 1.29 is 37.5 Å². The van der Waals surface area contributed by atoms with Gasteiger partial charge < -0.3 is 12.2 Å². The van der Waals surface area contributed by atoms with Crippen molar-refractivity contribution in [2.75, 3.05) is 0 Å². The average molecular weight is 146 g/mol. The summed E-state index contributed by atoms with van der Waals surface area (Å²) in [5.74, 6) is 0. The minimum absolute atomic E-state index is 0. The van der Waals surface area contributed by atoms with E-state index in [1.807, 2.05) is 0 Å². The standard InChI is InChI=1S/C2H2O.CH3.Y/c1-2-3;;/h1H2;1H3;/q;-1;. The quantitative estimate of drug-likeness (QED) is 0.451. The van der Waals surface area contributed by atoms with Crippen LogP contribution in [-0.4, -0.2) is 6.29 Å². The fourth-order valence-electron chi connectivity index (χ4n) is 0. The number of carbonyl (C=O) groups excluding carboxylic acids is 1.